The third-order valence-electron chi connectivity index (χ3n) is 2.46. The molecule has 1 heterocycles. The first-order valence-corrected chi connectivity index (χ1v) is 7.42. The van der Waals surface area contributed by atoms with Crippen LogP contribution in [0.3, 0.4) is 0 Å². The van der Waals surface area contributed by atoms with E-state index in [-0.39, 0.29) is 11.4 Å². The fourth-order valence-corrected chi connectivity index (χ4v) is 3.07. The lowest BCUT2D eigenvalue weighted by Gasteiger charge is -2.23. The number of para-hydroxylation sites is 1. The van der Waals surface area contributed by atoms with E-state index >= 15 is 0 Å². The molecule has 98 valence electrons. The van der Waals surface area contributed by atoms with Crippen molar-refractivity contribution in [2.45, 2.75) is 4.90 Å². The van der Waals surface area contributed by atoms with Crippen LogP contribution in [0.4, 0.5) is 5.69 Å². The van der Waals surface area contributed by atoms with Gasteiger partial charge in [0.15, 0.2) is 0 Å². The molecule has 18 heavy (non-hydrogen) atoms. The molecule has 5 nitrogen and oxygen atoms in total. The zero-order valence-corrected chi connectivity index (χ0v) is 11.2. The highest BCUT2D eigenvalue weighted by Gasteiger charge is 2.27. The molecule has 0 radical (unpaired) electrons. The number of aliphatic imine (C=N–C) groups is 1. The van der Waals surface area contributed by atoms with Crippen LogP contribution in [0.15, 0.2) is 34.2 Å². The molecular formula is C11H13ClN2O3S. The molecule has 0 spiro atoms. The van der Waals surface area contributed by atoms with Gasteiger partial charge in [-0.3, -0.25) is 4.31 Å². The average Bonchev–Trinajstić information content (AvgIpc) is 2.37. The van der Waals surface area contributed by atoms with Gasteiger partial charge in [-0.25, -0.2) is 13.4 Å². The summed E-state index contributed by atoms with van der Waals surface area (Å²) in [6, 6.07) is 6.66. The monoisotopic (exact) mass is 288 g/mol. The van der Waals surface area contributed by atoms with Crippen molar-refractivity contribution >= 4 is 33.7 Å². The SMILES string of the molecule is O=S1(=O)c2ccccc2N=CN1CCOCCCl. The third kappa shape index (κ3) is 2.66. The average molecular weight is 289 g/mol. The minimum atomic E-state index is -3.50. The van der Waals surface area contributed by atoms with Crippen LogP contribution in [-0.2, 0) is 14.8 Å². The molecule has 0 unspecified atom stereocenters. The summed E-state index contributed by atoms with van der Waals surface area (Å²) in [6.07, 6.45) is 1.32. The second kappa shape index (κ2) is 5.69. The summed E-state index contributed by atoms with van der Waals surface area (Å²) in [5.41, 5.74) is 0.468. The van der Waals surface area contributed by atoms with Crippen molar-refractivity contribution < 1.29 is 13.2 Å². The molecule has 0 bridgehead atoms. The Morgan fingerprint density at radius 3 is 2.83 bits per heavy atom. The lowest BCUT2D eigenvalue weighted by atomic mass is 10.3. The van der Waals surface area contributed by atoms with Gasteiger partial charge in [-0.1, -0.05) is 12.1 Å². The Kier molecular flexibility index (Phi) is 4.21. The normalized spacial score (nSPS) is 16.6. The van der Waals surface area contributed by atoms with Crippen LogP contribution in [0, 0.1) is 0 Å². The number of sulfonamides is 1. The molecule has 2 rings (SSSR count). The fraction of sp³-hybridized carbons (Fsp3) is 0.364. The van der Waals surface area contributed by atoms with Crippen LogP contribution >= 0.6 is 11.6 Å². The zero-order valence-electron chi connectivity index (χ0n) is 9.62. The van der Waals surface area contributed by atoms with Crippen molar-refractivity contribution in [3.8, 4) is 0 Å². The number of nitrogens with zero attached hydrogens (tertiary/aromatic N) is 2. The maximum atomic E-state index is 12.2. The second-order valence-corrected chi connectivity index (χ2v) is 5.87. The number of rotatable bonds is 5. The number of alkyl halides is 1. The highest BCUT2D eigenvalue weighted by Crippen LogP contribution is 2.29. The summed E-state index contributed by atoms with van der Waals surface area (Å²) < 4.78 is 30.8. The van der Waals surface area contributed by atoms with Crippen LogP contribution in [0.1, 0.15) is 0 Å². The number of fused-ring (bicyclic) bond motifs is 1. The highest BCUT2D eigenvalue weighted by atomic mass is 35.5. The van der Waals surface area contributed by atoms with Gasteiger partial charge in [-0.15, -0.1) is 11.6 Å². The van der Waals surface area contributed by atoms with Gasteiger partial charge in [0.25, 0.3) is 10.0 Å². The van der Waals surface area contributed by atoms with Crippen molar-refractivity contribution in [3.63, 3.8) is 0 Å². The summed E-state index contributed by atoms with van der Waals surface area (Å²) in [6.45, 7) is 0.931. The Balaban J connectivity index is 2.13. The number of ether oxygens (including phenoxy) is 1. The Bertz CT molecular complexity index is 545. The number of benzene rings is 1. The van der Waals surface area contributed by atoms with E-state index in [2.05, 4.69) is 4.99 Å². The van der Waals surface area contributed by atoms with E-state index in [4.69, 9.17) is 16.3 Å². The van der Waals surface area contributed by atoms with Crippen LogP contribution in [-0.4, -0.2) is 44.7 Å². The van der Waals surface area contributed by atoms with Crippen molar-refractivity contribution in [2.24, 2.45) is 4.99 Å². The third-order valence-corrected chi connectivity index (χ3v) is 4.40. The van der Waals surface area contributed by atoms with Crippen LogP contribution in [0.2, 0.25) is 0 Å². The predicted molar refractivity (Wildman–Crippen MR) is 70.0 cm³/mol. The molecule has 1 aromatic carbocycles. The maximum absolute atomic E-state index is 12.2. The van der Waals surface area contributed by atoms with Crippen molar-refractivity contribution in [3.05, 3.63) is 24.3 Å². The van der Waals surface area contributed by atoms with Crippen LogP contribution in [0.25, 0.3) is 0 Å². The van der Waals surface area contributed by atoms with E-state index in [1.54, 1.807) is 24.3 Å². The van der Waals surface area contributed by atoms with Crippen LogP contribution in [0.5, 0.6) is 0 Å². The number of hydrogen-bond donors (Lipinski definition) is 0. The van der Waals surface area contributed by atoms with E-state index in [0.29, 0.717) is 24.8 Å². The van der Waals surface area contributed by atoms with E-state index < -0.39 is 10.0 Å². The topological polar surface area (TPSA) is 59.0 Å². The van der Waals surface area contributed by atoms with E-state index in [1.807, 2.05) is 0 Å². The smallest absolute Gasteiger partial charge is 0.267 e. The number of halogens is 1. The molecule has 0 amide bonds. The summed E-state index contributed by atoms with van der Waals surface area (Å²) in [4.78, 5) is 4.34. The first-order valence-electron chi connectivity index (χ1n) is 5.45. The zero-order chi connectivity index (χ0) is 13.0. The molecule has 0 saturated heterocycles. The first kappa shape index (κ1) is 13.3. The predicted octanol–water partition coefficient (Wildman–Crippen LogP) is 1.61. The molecule has 0 fully saturated rings. The van der Waals surface area contributed by atoms with Gasteiger partial charge in [0.05, 0.1) is 25.4 Å². The Labute approximate surface area is 111 Å². The second-order valence-electron chi connectivity index (χ2n) is 3.63. The number of hydrogen-bond acceptors (Lipinski definition) is 4. The Hall–Kier alpha value is -1.11. The summed E-state index contributed by atoms with van der Waals surface area (Å²) >= 11 is 5.46. The molecule has 0 atom stereocenters. The van der Waals surface area contributed by atoms with Crippen LogP contribution < -0.4 is 0 Å². The summed E-state index contributed by atoms with van der Waals surface area (Å²) in [5.74, 6) is 0.393. The lowest BCUT2D eigenvalue weighted by Crippen LogP contribution is -2.34. The van der Waals surface area contributed by atoms with Gasteiger partial charge in [-0.05, 0) is 12.1 Å². The quantitative estimate of drug-likeness (QED) is 0.611. The molecule has 0 aromatic heterocycles. The molecule has 0 aliphatic carbocycles. The Morgan fingerprint density at radius 2 is 2.06 bits per heavy atom. The summed E-state index contributed by atoms with van der Waals surface area (Å²) in [7, 11) is -3.50. The molecular weight excluding hydrogens is 276 g/mol. The van der Waals surface area contributed by atoms with Gasteiger partial charge >= 0.3 is 0 Å². The minimum Gasteiger partial charge on any atom is -0.378 e. The van der Waals surface area contributed by atoms with Gasteiger partial charge < -0.3 is 4.74 Å². The molecule has 0 saturated carbocycles. The molecule has 7 heteroatoms. The summed E-state index contributed by atoms with van der Waals surface area (Å²) in [5, 5.41) is 0. The highest BCUT2D eigenvalue weighted by molar-refractivity contribution is 7.89. The van der Waals surface area contributed by atoms with E-state index in [0.717, 1.165) is 0 Å². The van der Waals surface area contributed by atoms with E-state index in [9.17, 15) is 8.42 Å². The molecule has 1 aromatic rings. The van der Waals surface area contributed by atoms with Gasteiger partial charge in [-0.2, -0.15) is 0 Å². The van der Waals surface area contributed by atoms with Crippen molar-refractivity contribution in [2.75, 3.05) is 25.6 Å². The van der Waals surface area contributed by atoms with Gasteiger partial charge in [0.1, 0.15) is 11.2 Å². The molecule has 1 aliphatic heterocycles. The van der Waals surface area contributed by atoms with Crippen molar-refractivity contribution in [1.82, 2.24) is 4.31 Å². The minimum absolute atomic E-state index is 0.227. The van der Waals surface area contributed by atoms with Crippen molar-refractivity contribution in [1.29, 1.82) is 0 Å². The molecule has 1 aliphatic rings. The van der Waals surface area contributed by atoms with Gasteiger partial charge in [0, 0.05) is 5.88 Å². The lowest BCUT2D eigenvalue weighted by molar-refractivity contribution is 0.145. The Morgan fingerprint density at radius 1 is 1.28 bits per heavy atom. The van der Waals surface area contributed by atoms with Gasteiger partial charge in [0.2, 0.25) is 0 Å². The molecule has 0 N–H and O–H groups in total. The first-order chi connectivity index (χ1) is 8.66. The standard InChI is InChI=1S/C11H13ClN2O3S/c12-5-7-17-8-6-14-9-13-10-3-1-2-4-11(10)18(14,15)16/h1-4,9H,5-8H2. The maximum Gasteiger partial charge on any atom is 0.267 e. The fourth-order valence-electron chi connectivity index (χ4n) is 1.59. The largest absolute Gasteiger partial charge is 0.378 e. The van der Waals surface area contributed by atoms with E-state index in [1.165, 1.54) is 10.6 Å².